The fraction of sp³-hybridized carbons (Fsp3) is 0.429. The molecule has 1 aliphatic heterocycles. The molecule has 4 atom stereocenters. The van der Waals surface area contributed by atoms with Gasteiger partial charge in [-0.1, -0.05) is 67.6 Å². The average molecular weight is 342 g/mol. The van der Waals surface area contributed by atoms with E-state index in [0.717, 1.165) is 24.0 Å². The van der Waals surface area contributed by atoms with Gasteiger partial charge in [-0.3, -0.25) is 0 Å². The van der Waals surface area contributed by atoms with E-state index in [9.17, 15) is 5.11 Å². The summed E-state index contributed by atoms with van der Waals surface area (Å²) in [7, 11) is 0. The third-order valence-corrected chi connectivity index (χ3v) is 4.52. The molecule has 1 N–H and O–H groups in total. The second-order valence-corrected chi connectivity index (χ2v) is 6.39. The smallest absolute Gasteiger partial charge is 0.184 e. The molecule has 0 aromatic heterocycles. The summed E-state index contributed by atoms with van der Waals surface area (Å²) in [6.07, 6.45) is -0.104. The number of hydrogen-bond acceptors (Lipinski definition) is 4. The summed E-state index contributed by atoms with van der Waals surface area (Å²) in [5, 5.41) is 10.4. The van der Waals surface area contributed by atoms with E-state index >= 15 is 0 Å². The van der Waals surface area contributed by atoms with Crippen LogP contribution < -0.4 is 0 Å². The maximum absolute atomic E-state index is 10.4. The normalized spacial score (nSPS) is 26.5. The van der Waals surface area contributed by atoms with E-state index in [4.69, 9.17) is 14.2 Å². The van der Waals surface area contributed by atoms with Crippen LogP contribution in [0.3, 0.4) is 0 Å². The fourth-order valence-corrected chi connectivity index (χ4v) is 3.07. The molecule has 3 rings (SSSR count). The van der Waals surface area contributed by atoms with Gasteiger partial charge in [0.15, 0.2) is 6.29 Å². The molecule has 0 saturated carbocycles. The van der Waals surface area contributed by atoms with Crippen LogP contribution in [0.1, 0.15) is 30.9 Å². The minimum absolute atomic E-state index is 0.00708. The summed E-state index contributed by atoms with van der Waals surface area (Å²) >= 11 is 0. The lowest BCUT2D eigenvalue weighted by Crippen LogP contribution is -2.50. The van der Waals surface area contributed by atoms with Gasteiger partial charge in [-0.2, -0.15) is 0 Å². The van der Waals surface area contributed by atoms with Gasteiger partial charge in [-0.15, -0.1) is 0 Å². The first-order valence-corrected chi connectivity index (χ1v) is 8.91. The number of rotatable bonds is 7. The van der Waals surface area contributed by atoms with E-state index in [-0.39, 0.29) is 12.2 Å². The van der Waals surface area contributed by atoms with Crippen molar-refractivity contribution in [2.45, 2.75) is 57.6 Å². The van der Waals surface area contributed by atoms with Crippen molar-refractivity contribution in [2.24, 2.45) is 0 Å². The average Bonchev–Trinajstić information content (AvgIpc) is 2.67. The minimum Gasteiger partial charge on any atom is -0.371 e. The minimum atomic E-state index is -0.969. The summed E-state index contributed by atoms with van der Waals surface area (Å²) < 4.78 is 17.8. The number of aliphatic hydroxyl groups excluding tert-OH is 1. The molecule has 1 fully saturated rings. The van der Waals surface area contributed by atoms with Crippen LogP contribution >= 0.6 is 0 Å². The zero-order chi connectivity index (χ0) is 17.5. The SMILES string of the molecule is CC[C@@H]1C[C@H](OCc2ccccc2)[C@@H](OCc2ccccc2)C(O)O1. The largest absolute Gasteiger partial charge is 0.371 e. The van der Waals surface area contributed by atoms with Crippen LogP contribution in [-0.2, 0) is 27.4 Å². The predicted molar refractivity (Wildman–Crippen MR) is 95.8 cm³/mol. The zero-order valence-electron chi connectivity index (χ0n) is 14.6. The van der Waals surface area contributed by atoms with Crippen molar-refractivity contribution in [3.8, 4) is 0 Å². The molecule has 134 valence electrons. The highest BCUT2D eigenvalue weighted by atomic mass is 16.7. The zero-order valence-corrected chi connectivity index (χ0v) is 14.6. The van der Waals surface area contributed by atoms with Gasteiger partial charge in [0.1, 0.15) is 6.10 Å². The predicted octanol–water partition coefficient (Wildman–Crippen LogP) is 3.67. The molecular weight excluding hydrogens is 316 g/mol. The molecule has 1 heterocycles. The van der Waals surface area contributed by atoms with E-state index in [1.807, 2.05) is 60.7 Å². The summed E-state index contributed by atoms with van der Waals surface area (Å²) in [5.74, 6) is 0. The van der Waals surface area contributed by atoms with E-state index < -0.39 is 12.4 Å². The van der Waals surface area contributed by atoms with Crippen LogP contribution in [0.15, 0.2) is 60.7 Å². The molecule has 2 aromatic rings. The summed E-state index contributed by atoms with van der Waals surface area (Å²) in [4.78, 5) is 0. The van der Waals surface area contributed by atoms with Gasteiger partial charge in [0, 0.05) is 6.42 Å². The standard InChI is InChI=1S/C21H26O4/c1-2-18-13-19(23-14-16-9-5-3-6-10-16)20(21(22)25-18)24-15-17-11-7-4-8-12-17/h3-12,18-22H,2,13-15H2,1H3/t18-,19+,20-,21?/m1/s1. The lowest BCUT2D eigenvalue weighted by molar-refractivity contribution is -0.271. The van der Waals surface area contributed by atoms with E-state index in [0.29, 0.717) is 13.2 Å². The molecule has 1 aliphatic rings. The monoisotopic (exact) mass is 342 g/mol. The Hall–Kier alpha value is -1.72. The molecule has 1 unspecified atom stereocenters. The third kappa shape index (κ3) is 5.13. The number of benzene rings is 2. The molecule has 0 spiro atoms. The Balaban J connectivity index is 1.63. The van der Waals surface area contributed by atoms with Crippen LogP contribution in [0.25, 0.3) is 0 Å². The second kappa shape index (κ2) is 9.11. The Morgan fingerprint density at radius 3 is 2.04 bits per heavy atom. The molecule has 4 nitrogen and oxygen atoms in total. The molecule has 0 radical (unpaired) electrons. The maximum atomic E-state index is 10.4. The van der Waals surface area contributed by atoms with Gasteiger partial charge in [0.25, 0.3) is 0 Å². The topological polar surface area (TPSA) is 47.9 Å². The highest BCUT2D eigenvalue weighted by Gasteiger charge is 2.38. The van der Waals surface area contributed by atoms with Crippen LogP contribution in [0, 0.1) is 0 Å². The van der Waals surface area contributed by atoms with Crippen LogP contribution in [0.4, 0.5) is 0 Å². The molecule has 1 saturated heterocycles. The lowest BCUT2D eigenvalue weighted by Gasteiger charge is -2.39. The van der Waals surface area contributed by atoms with Gasteiger partial charge in [0.2, 0.25) is 0 Å². The molecule has 25 heavy (non-hydrogen) atoms. The van der Waals surface area contributed by atoms with Crippen LogP contribution in [0.5, 0.6) is 0 Å². The Bertz CT molecular complexity index is 616. The molecular formula is C21H26O4. The Kier molecular flexibility index (Phi) is 6.59. The van der Waals surface area contributed by atoms with Crippen LogP contribution in [0.2, 0.25) is 0 Å². The molecule has 4 heteroatoms. The number of aliphatic hydroxyl groups is 1. The summed E-state index contributed by atoms with van der Waals surface area (Å²) in [6.45, 7) is 2.98. The highest BCUT2D eigenvalue weighted by Crippen LogP contribution is 2.27. The summed E-state index contributed by atoms with van der Waals surface area (Å²) in [6, 6.07) is 20.0. The van der Waals surface area contributed by atoms with Crippen molar-refractivity contribution >= 4 is 0 Å². The van der Waals surface area contributed by atoms with E-state index in [1.54, 1.807) is 0 Å². The number of ether oxygens (including phenoxy) is 3. The Morgan fingerprint density at radius 2 is 1.48 bits per heavy atom. The van der Waals surface area contributed by atoms with Crippen molar-refractivity contribution in [1.82, 2.24) is 0 Å². The van der Waals surface area contributed by atoms with Gasteiger partial charge in [0.05, 0.1) is 25.4 Å². The Morgan fingerprint density at radius 1 is 0.920 bits per heavy atom. The van der Waals surface area contributed by atoms with Crippen LogP contribution in [-0.4, -0.2) is 29.7 Å². The first-order valence-electron chi connectivity index (χ1n) is 8.91. The van der Waals surface area contributed by atoms with Crippen molar-refractivity contribution < 1.29 is 19.3 Å². The van der Waals surface area contributed by atoms with Gasteiger partial charge in [-0.05, 0) is 17.5 Å². The van der Waals surface area contributed by atoms with Gasteiger partial charge in [-0.25, -0.2) is 0 Å². The van der Waals surface area contributed by atoms with Gasteiger partial charge < -0.3 is 19.3 Å². The van der Waals surface area contributed by atoms with Gasteiger partial charge >= 0.3 is 0 Å². The first-order chi connectivity index (χ1) is 12.3. The summed E-state index contributed by atoms with van der Waals surface area (Å²) in [5.41, 5.74) is 2.17. The lowest BCUT2D eigenvalue weighted by atomic mass is 10.00. The van der Waals surface area contributed by atoms with E-state index in [2.05, 4.69) is 6.92 Å². The van der Waals surface area contributed by atoms with Crippen molar-refractivity contribution in [3.63, 3.8) is 0 Å². The molecule has 0 aliphatic carbocycles. The Labute approximate surface area is 149 Å². The molecule has 2 aromatic carbocycles. The quantitative estimate of drug-likeness (QED) is 0.834. The second-order valence-electron chi connectivity index (χ2n) is 6.39. The maximum Gasteiger partial charge on any atom is 0.184 e. The molecule has 0 amide bonds. The number of hydrogen-bond donors (Lipinski definition) is 1. The van der Waals surface area contributed by atoms with Crippen molar-refractivity contribution in [3.05, 3.63) is 71.8 Å². The van der Waals surface area contributed by atoms with E-state index in [1.165, 1.54) is 0 Å². The highest BCUT2D eigenvalue weighted by molar-refractivity contribution is 5.14. The van der Waals surface area contributed by atoms with Crippen molar-refractivity contribution in [2.75, 3.05) is 0 Å². The van der Waals surface area contributed by atoms with Crippen molar-refractivity contribution in [1.29, 1.82) is 0 Å². The first kappa shape index (κ1) is 18.1. The fourth-order valence-electron chi connectivity index (χ4n) is 3.07. The molecule has 0 bridgehead atoms. The third-order valence-electron chi connectivity index (χ3n) is 4.52.